The van der Waals surface area contributed by atoms with Crippen LogP contribution in [0.5, 0.6) is 11.5 Å². The Morgan fingerprint density at radius 1 is 1.09 bits per heavy atom. The molecule has 3 aromatic carbocycles. The number of aryl methyl sites for hydroxylation is 1. The molecule has 6 heteroatoms. The van der Waals surface area contributed by atoms with Gasteiger partial charge in [0.15, 0.2) is 5.76 Å². The van der Waals surface area contributed by atoms with E-state index >= 15 is 0 Å². The number of nitrogens with zero attached hydrogens (tertiary/aromatic N) is 1. The Labute approximate surface area is 195 Å². The van der Waals surface area contributed by atoms with Gasteiger partial charge < -0.3 is 14.0 Å². The number of hydrogen-bond donors (Lipinski definition) is 0. The normalized spacial score (nSPS) is 14.1. The molecule has 0 atom stereocenters. The first-order chi connectivity index (χ1) is 15.4. The molecule has 4 nitrogen and oxygen atoms in total. The van der Waals surface area contributed by atoms with Gasteiger partial charge in [-0.3, -0.25) is 4.79 Å². The van der Waals surface area contributed by atoms with Crippen molar-refractivity contribution in [3.8, 4) is 11.5 Å². The second-order valence-electron chi connectivity index (χ2n) is 7.74. The second-order valence-corrected chi connectivity index (χ2v) is 8.59. The van der Waals surface area contributed by atoms with E-state index < -0.39 is 0 Å². The first kappa shape index (κ1) is 20.7. The predicted octanol–water partition coefficient (Wildman–Crippen LogP) is 6.99. The number of allylic oxidation sites excluding steroid dienone is 1. The van der Waals surface area contributed by atoms with Crippen LogP contribution in [-0.4, -0.2) is 10.4 Å². The lowest BCUT2D eigenvalue weighted by Crippen LogP contribution is -1.99. The topological polar surface area (TPSA) is 40.5 Å². The first-order valence-electron chi connectivity index (χ1n) is 10.1. The second kappa shape index (κ2) is 8.05. The number of Topliss-reactive ketones (excluding diaryl/α,β-unsaturated/α-hetero) is 1. The molecule has 0 saturated heterocycles. The Morgan fingerprint density at radius 3 is 2.72 bits per heavy atom. The van der Waals surface area contributed by atoms with Crippen molar-refractivity contribution in [3.05, 3.63) is 98.9 Å². The zero-order valence-electron chi connectivity index (χ0n) is 17.5. The van der Waals surface area contributed by atoms with Gasteiger partial charge in [-0.1, -0.05) is 47.5 Å². The van der Waals surface area contributed by atoms with Crippen molar-refractivity contribution in [2.75, 3.05) is 0 Å². The quantitative estimate of drug-likeness (QED) is 0.306. The highest BCUT2D eigenvalue weighted by molar-refractivity contribution is 6.35. The molecule has 1 aliphatic heterocycles. The van der Waals surface area contributed by atoms with Crippen LogP contribution in [0.25, 0.3) is 17.0 Å². The number of fused-ring (bicyclic) bond motifs is 2. The number of aromatic nitrogens is 1. The summed E-state index contributed by atoms with van der Waals surface area (Å²) in [5.74, 6) is 1.33. The third-order valence-electron chi connectivity index (χ3n) is 5.65. The highest BCUT2D eigenvalue weighted by Crippen LogP contribution is 2.40. The fourth-order valence-electron chi connectivity index (χ4n) is 3.95. The van der Waals surface area contributed by atoms with Crippen LogP contribution in [0.15, 0.2) is 66.6 Å². The Hall–Kier alpha value is -3.21. The molecule has 5 rings (SSSR count). The van der Waals surface area contributed by atoms with Gasteiger partial charge in [0, 0.05) is 50.9 Å². The number of carbonyl (C=O) groups excluding carboxylic acids is 1. The molecule has 0 radical (unpaired) electrons. The SMILES string of the molecule is Cc1c(OCc2ccc(Cl)cc2Cl)ccc2c1O/C(=C/c1cn(C)c3ccccc13)C2=O. The number of halogens is 2. The predicted molar refractivity (Wildman–Crippen MR) is 128 cm³/mol. The van der Waals surface area contributed by atoms with Crippen LogP contribution in [0.2, 0.25) is 10.0 Å². The van der Waals surface area contributed by atoms with E-state index in [2.05, 4.69) is 0 Å². The summed E-state index contributed by atoms with van der Waals surface area (Å²) in [5, 5.41) is 2.18. The van der Waals surface area contributed by atoms with Crippen molar-refractivity contribution in [3.63, 3.8) is 0 Å². The minimum atomic E-state index is -0.136. The smallest absolute Gasteiger partial charge is 0.231 e. The number of rotatable bonds is 4. The summed E-state index contributed by atoms with van der Waals surface area (Å²) in [6, 6.07) is 16.9. The highest BCUT2D eigenvalue weighted by Gasteiger charge is 2.30. The van der Waals surface area contributed by atoms with Gasteiger partial charge in [-0.15, -0.1) is 0 Å². The number of hydrogen-bond acceptors (Lipinski definition) is 3. The molecule has 32 heavy (non-hydrogen) atoms. The molecule has 0 amide bonds. The van der Waals surface area contributed by atoms with Gasteiger partial charge >= 0.3 is 0 Å². The fourth-order valence-corrected chi connectivity index (χ4v) is 4.41. The van der Waals surface area contributed by atoms with Crippen LogP contribution >= 0.6 is 23.2 Å². The summed E-state index contributed by atoms with van der Waals surface area (Å²) in [4.78, 5) is 13.0. The van der Waals surface area contributed by atoms with Crippen LogP contribution < -0.4 is 9.47 Å². The van der Waals surface area contributed by atoms with E-state index in [-0.39, 0.29) is 12.4 Å². The monoisotopic (exact) mass is 463 g/mol. The average molecular weight is 464 g/mol. The fraction of sp³-hybridized carbons (Fsp3) is 0.115. The van der Waals surface area contributed by atoms with Crippen molar-refractivity contribution in [2.45, 2.75) is 13.5 Å². The average Bonchev–Trinajstić information content (AvgIpc) is 3.27. The minimum absolute atomic E-state index is 0.136. The molecule has 0 saturated carbocycles. The maximum Gasteiger partial charge on any atom is 0.231 e. The zero-order valence-corrected chi connectivity index (χ0v) is 19.0. The van der Waals surface area contributed by atoms with Crippen molar-refractivity contribution < 1.29 is 14.3 Å². The molecule has 0 fully saturated rings. The Morgan fingerprint density at radius 2 is 1.91 bits per heavy atom. The van der Waals surface area contributed by atoms with Crippen molar-refractivity contribution >= 4 is 46.0 Å². The van der Waals surface area contributed by atoms with Gasteiger partial charge in [0.1, 0.15) is 18.1 Å². The number of ether oxygens (including phenoxy) is 2. The third-order valence-corrected chi connectivity index (χ3v) is 6.24. The number of carbonyl (C=O) groups is 1. The van der Waals surface area contributed by atoms with Gasteiger partial charge in [0.05, 0.1) is 5.56 Å². The van der Waals surface area contributed by atoms with Crippen LogP contribution in [0.4, 0.5) is 0 Å². The van der Waals surface area contributed by atoms with Crippen molar-refractivity contribution in [2.24, 2.45) is 7.05 Å². The van der Waals surface area contributed by atoms with Crippen LogP contribution in [0.1, 0.15) is 27.0 Å². The lowest BCUT2D eigenvalue weighted by Gasteiger charge is -2.12. The molecule has 0 unspecified atom stereocenters. The van der Waals surface area contributed by atoms with E-state index in [9.17, 15) is 4.79 Å². The molecule has 1 aliphatic rings. The first-order valence-corrected chi connectivity index (χ1v) is 10.9. The van der Waals surface area contributed by atoms with E-state index in [1.54, 1.807) is 30.3 Å². The van der Waals surface area contributed by atoms with Gasteiger partial charge in [-0.2, -0.15) is 0 Å². The molecular formula is C26H19Cl2NO3. The van der Waals surface area contributed by atoms with Gasteiger partial charge in [-0.05, 0) is 43.3 Å². The molecule has 0 spiro atoms. The number of ketones is 1. The molecule has 160 valence electrons. The summed E-state index contributed by atoms with van der Waals surface area (Å²) in [6.07, 6.45) is 3.80. The van der Waals surface area contributed by atoms with E-state index in [4.69, 9.17) is 32.7 Å². The largest absolute Gasteiger partial charge is 0.488 e. The molecule has 0 N–H and O–H groups in total. The van der Waals surface area contributed by atoms with Gasteiger partial charge in [0.25, 0.3) is 0 Å². The summed E-state index contributed by atoms with van der Waals surface area (Å²) >= 11 is 12.2. The molecule has 1 aromatic heterocycles. The third kappa shape index (κ3) is 3.56. The summed E-state index contributed by atoms with van der Waals surface area (Å²) in [5.41, 5.74) is 4.15. The van der Waals surface area contributed by atoms with E-state index in [1.807, 2.05) is 55.1 Å². The number of para-hydroxylation sites is 1. The molecular weight excluding hydrogens is 445 g/mol. The van der Waals surface area contributed by atoms with Gasteiger partial charge in [-0.25, -0.2) is 0 Å². The maximum atomic E-state index is 13.0. The van der Waals surface area contributed by atoms with Crippen molar-refractivity contribution in [1.29, 1.82) is 0 Å². The molecule has 2 heterocycles. The summed E-state index contributed by atoms with van der Waals surface area (Å²) in [7, 11) is 1.98. The number of benzene rings is 3. The van der Waals surface area contributed by atoms with E-state index in [1.165, 1.54) is 0 Å². The maximum absolute atomic E-state index is 13.0. The van der Waals surface area contributed by atoms with E-state index in [0.29, 0.717) is 32.9 Å². The van der Waals surface area contributed by atoms with E-state index in [0.717, 1.165) is 27.6 Å². The van der Waals surface area contributed by atoms with Crippen molar-refractivity contribution in [1.82, 2.24) is 4.57 Å². The highest BCUT2D eigenvalue weighted by atomic mass is 35.5. The zero-order chi connectivity index (χ0) is 22.4. The molecule has 0 aliphatic carbocycles. The summed E-state index contributed by atoms with van der Waals surface area (Å²) < 4.78 is 14.0. The van der Waals surface area contributed by atoms with Crippen LogP contribution in [-0.2, 0) is 13.7 Å². The van der Waals surface area contributed by atoms with Crippen LogP contribution in [0.3, 0.4) is 0 Å². The Bertz CT molecular complexity index is 1420. The summed E-state index contributed by atoms with van der Waals surface area (Å²) in [6.45, 7) is 2.16. The Balaban J connectivity index is 1.43. The molecule has 0 bridgehead atoms. The van der Waals surface area contributed by atoms with Crippen LogP contribution in [0, 0.1) is 6.92 Å². The lowest BCUT2D eigenvalue weighted by molar-refractivity contribution is 0.101. The minimum Gasteiger partial charge on any atom is -0.488 e. The lowest BCUT2D eigenvalue weighted by atomic mass is 10.1. The standard InChI is InChI=1S/C26H19Cl2NO3/c1-15-23(31-14-16-7-8-18(27)12-21(16)28)10-9-20-25(30)24(32-26(15)20)11-17-13-29(2)22-6-4-3-5-19(17)22/h3-13H,14H2,1-2H3/b24-11+. The molecule has 4 aromatic rings. The van der Waals surface area contributed by atoms with Gasteiger partial charge in [0.2, 0.25) is 5.78 Å². The Kier molecular flexibility index (Phi) is 5.20.